The number of hydrogen-bond acceptors (Lipinski definition) is 3. The van der Waals surface area contributed by atoms with Gasteiger partial charge in [0.05, 0.1) is 0 Å². The highest BCUT2D eigenvalue weighted by Gasteiger charge is 2.04. The molecule has 0 saturated heterocycles. The summed E-state index contributed by atoms with van der Waals surface area (Å²) in [4.78, 5) is 11.6. The van der Waals surface area contributed by atoms with Gasteiger partial charge in [-0.15, -0.1) is 0 Å². The third-order valence-corrected chi connectivity index (χ3v) is 3.01. The van der Waals surface area contributed by atoms with Gasteiger partial charge in [0.15, 0.2) is 0 Å². The van der Waals surface area contributed by atoms with Crippen LogP contribution in [0.15, 0.2) is 54.6 Å². The predicted molar refractivity (Wildman–Crippen MR) is 77.7 cm³/mol. The van der Waals surface area contributed by atoms with Gasteiger partial charge in [0.2, 0.25) is 0 Å². The minimum absolute atomic E-state index is 0.193. The molecule has 3 nitrogen and oxygen atoms in total. The number of esters is 1. The maximum absolute atomic E-state index is 11.6. The molecule has 0 amide bonds. The van der Waals surface area contributed by atoms with E-state index >= 15 is 0 Å². The smallest absolute Gasteiger partial charge is 0.311 e. The molecule has 104 valence electrons. The van der Waals surface area contributed by atoms with Crippen molar-refractivity contribution in [3.05, 3.63) is 60.2 Å². The number of rotatable bonds is 6. The molecule has 1 N–H and O–H groups in total. The lowest BCUT2D eigenvalue weighted by Crippen LogP contribution is -2.07. The second kappa shape index (κ2) is 7.34. The standard InChI is InChI=1S/C17H18O3/c18-15-12-10-14(11-13-15)6-4-5-9-17(19)20-16-7-2-1-3-8-16/h1-3,7-8,10-13,18H,4-6,9H2. The molecule has 0 unspecified atom stereocenters. The summed E-state index contributed by atoms with van der Waals surface area (Å²) in [6.45, 7) is 0. The predicted octanol–water partition coefficient (Wildman–Crippen LogP) is 3.71. The summed E-state index contributed by atoms with van der Waals surface area (Å²) >= 11 is 0. The van der Waals surface area contributed by atoms with E-state index < -0.39 is 0 Å². The summed E-state index contributed by atoms with van der Waals surface area (Å²) in [7, 11) is 0. The van der Waals surface area contributed by atoms with E-state index in [0.717, 1.165) is 19.3 Å². The lowest BCUT2D eigenvalue weighted by atomic mass is 10.1. The number of aryl methyl sites for hydroxylation is 1. The van der Waals surface area contributed by atoms with Crippen LogP contribution in [0.3, 0.4) is 0 Å². The molecule has 20 heavy (non-hydrogen) atoms. The number of phenols is 1. The second-order valence-corrected chi connectivity index (χ2v) is 4.66. The van der Waals surface area contributed by atoms with Crippen LogP contribution >= 0.6 is 0 Å². The number of ether oxygens (including phenoxy) is 1. The van der Waals surface area contributed by atoms with Gasteiger partial charge in [0, 0.05) is 6.42 Å². The van der Waals surface area contributed by atoms with Crippen LogP contribution in [-0.2, 0) is 11.2 Å². The van der Waals surface area contributed by atoms with Crippen LogP contribution in [0.1, 0.15) is 24.8 Å². The van der Waals surface area contributed by atoms with Crippen molar-refractivity contribution in [1.29, 1.82) is 0 Å². The number of carbonyl (C=O) groups is 1. The summed E-state index contributed by atoms with van der Waals surface area (Å²) < 4.78 is 5.21. The zero-order chi connectivity index (χ0) is 14.2. The van der Waals surface area contributed by atoms with Gasteiger partial charge in [-0.3, -0.25) is 4.79 Å². The van der Waals surface area contributed by atoms with Crippen LogP contribution in [0.2, 0.25) is 0 Å². The lowest BCUT2D eigenvalue weighted by Gasteiger charge is -2.04. The summed E-state index contributed by atoms with van der Waals surface area (Å²) in [6, 6.07) is 16.3. The number of phenolic OH excluding ortho intramolecular Hbond substituents is 1. The molecule has 0 saturated carbocycles. The molecule has 0 bridgehead atoms. The third-order valence-electron chi connectivity index (χ3n) is 3.01. The zero-order valence-electron chi connectivity index (χ0n) is 11.3. The first kappa shape index (κ1) is 14.1. The Kier molecular flexibility index (Phi) is 5.18. The van der Waals surface area contributed by atoms with Crippen molar-refractivity contribution in [2.75, 3.05) is 0 Å². The van der Waals surface area contributed by atoms with E-state index in [4.69, 9.17) is 4.74 Å². The average Bonchev–Trinajstić information content (AvgIpc) is 2.46. The number of aromatic hydroxyl groups is 1. The van der Waals surface area contributed by atoms with Gasteiger partial charge < -0.3 is 9.84 Å². The van der Waals surface area contributed by atoms with Crippen LogP contribution in [-0.4, -0.2) is 11.1 Å². The zero-order valence-corrected chi connectivity index (χ0v) is 11.3. The third kappa shape index (κ3) is 4.76. The normalized spacial score (nSPS) is 10.2. The van der Waals surface area contributed by atoms with E-state index in [1.54, 1.807) is 24.3 Å². The van der Waals surface area contributed by atoms with Crippen LogP contribution in [0.25, 0.3) is 0 Å². The van der Waals surface area contributed by atoms with Gasteiger partial charge in [0.1, 0.15) is 11.5 Å². The molecule has 0 atom stereocenters. The van der Waals surface area contributed by atoms with Gasteiger partial charge in [-0.1, -0.05) is 30.3 Å². The fraction of sp³-hybridized carbons (Fsp3) is 0.235. The maximum Gasteiger partial charge on any atom is 0.311 e. The summed E-state index contributed by atoms with van der Waals surface area (Å²) in [5.41, 5.74) is 1.17. The van der Waals surface area contributed by atoms with Gasteiger partial charge in [-0.2, -0.15) is 0 Å². The number of benzene rings is 2. The molecule has 0 aliphatic carbocycles. The Labute approximate surface area is 118 Å². The van der Waals surface area contributed by atoms with E-state index in [9.17, 15) is 9.90 Å². The monoisotopic (exact) mass is 270 g/mol. The molecule has 2 aromatic rings. The van der Waals surface area contributed by atoms with Crippen molar-refractivity contribution in [2.45, 2.75) is 25.7 Å². The van der Waals surface area contributed by atoms with Crippen LogP contribution < -0.4 is 4.74 Å². The molecular formula is C17H18O3. The Morgan fingerprint density at radius 1 is 0.950 bits per heavy atom. The first-order valence-corrected chi connectivity index (χ1v) is 6.78. The highest BCUT2D eigenvalue weighted by molar-refractivity contribution is 5.72. The highest BCUT2D eigenvalue weighted by atomic mass is 16.5. The van der Waals surface area contributed by atoms with Crippen molar-refractivity contribution in [1.82, 2.24) is 0 Å². The van der Waals surface area contributed by atoms with E-state index in [0.29, 0.717) is 12.2 Å². The fourth-order valence-electron chi connectivity index (χ4n) is 1.93. The first-order chi connectivity index (χ1) is 9.74. The lowest BCUT2D eigenvalue weighted by molar-refractivity contribution is -0.134. The first-order valence-electron chi connectivity index (χ1n) is 6.78. The fourth-order valence-corrected chi connectivity index (χ4v) is 1.93. The van der Waals surface area contributed by atoms with Crippen molar-refractivity contribution < 1.29 is 14.6 Å². The molecule has 0 aromatic heterocycles. The molecule has 2 rings (SSSR count). The number of carbonyl (C=O) groups excluding carboxylic acids is 1. The molecule has 0 aliphatic rings. The molecule has 0 aliphatic heterocycles. The van der Waals surface area contributed by atoms with Crippen molar-refractivity contribution in [3.63, 3.8) is 0 Å². The molecule has 0 heterocycles. The molecule has 0 radical (unpaired) electrons. The molecular weight excluding hydrogens is 252 g/mol. The van der Waals surface area contributed by atoms with Crippen LogP contribution in [0, 0.1) is 0 Å². The largest absolute Gasteiger partial charge is 0.508 e. The van der Waals surface area contributed by atoms with Crippen molar-refractivity contribution in [3.8, 4) is 11.5 Å². The van der Waals surface area contributed by atoms with E-state index in [-0.39, 0.29) is 11.7 Å². The van der Waals surface area contributed by atoms with E-state index in [2.05, 4.69) is 0 Å². The van der Waals surface area contributed by atoms with Crippen molar-refractivity contribution >= 4 is 5.97 Å². The Morgan fingerprint density at radius 3 is 2.35 bits per heavy atom. The van der Waals surface area contributed by atoms with E-state index in [1.165, 1.54) is 5.56 Å². The molecule has 0 fully saturated rings. The summed E-state index contributed by atoms with van der Waals surface area (Å²) in [5, 5.41) is 9.18. The topological polar surface area (TPSA) is 46.5 Å². The second-order valence-electron chi connectivity index (χ2n) is 4.66. The Bertz CT molecular complexity index is 532. The highest BCUT2D eigenvalue weighted by Crippen LogP contribution is 2.13. The van der Waals surface area contributed by atoms with Gasteiger partial charge in [-0.25, -0.2) is 0 Å². The Balaban J connectivity index is 1.66. The average molecular weight is 270 g/mol. The SMILES string of the molecule is O=C(CCCCc1ccc(O)cc1)Oc1ccccc1. The van der Waals surface area contributed by atoms with Crippen LogP contribution in [0.4, 0.5) is 0 Å². The number of unbranched alkanes of at least 4 members (excludes halogenated alkanes) is 1. The van der Waals surface area contributed by atoms with Crippen LogP contribution in [0.5, 0.6) is 11.5 Å². The quantitative estimate of drug-likeness (QED) is 0.494. The Hall–Kier alpha value is -2.29. The minimum atomic E-state index is -0.193. The minimum Gasteiger partial charge on any atom is -0.508 e. The summed E-state index contributed by atoms with van der Waals surface area (Å²) in [5.74, 6) is 0.679. The Morgan fingerprint density at radius 2 is 1.65 bits per heavy atom. The molecule has 2 aromatic carbocycles. The molecule has 3 heteroatoms. The van der Waals surface area contributed by atoms with Gasteiger partial charge >= 0.3 is 5.97 Å². The number of para-hydroxylation sites is 1. The van der Waals surface area contributed by atoms with E-state index in [1.807, 2.05) is 30.3 Å². The van der Waals surface area contributed by atoms with Crippen molar-refractivity contribution in [2.24, 2.45) is 0 Å². The number of hydrogen-bond donors (Lipinski definition) is 1. The summed E-state index contributed by atoms with van der Waals surface area (Å²) in [6.07, 6.45) is 3.05. The molecule has 0 spiro atoms. The van der Waals surface area contributed by atoms with Gasteiger partial charge in [0.25, 0.3) is 0 Å². The maximum atomic E-state index is 11.6. The van der Waals surface area contributed by atoms with Gasteiger partial charge in [-0.05, 0) is 49.1 Å².